The number of thioether (sulfide) groups is 1. The summed E-state index contributed by atoms with van der Waals surface area (Å²) in [5.74, 6) is 1.14. The number of amides is 1. The van der Waals surface area contributed by atoms with Crippen LogP contribution in [0, 0.1) is 6.92 Å². The standard InChI is InChI=1S/C27H19ClN2O2S/c1-18-12-13-19(16-23(18)28)24-15-14-22(32-24)17-25-26(31)30(21-10-6-3-7-11-21)27(33-25)29-20-8-4-2-5-9-20/h2-17H,1H3/b25-17-,29-27?. The van der Waals surface area contributed by atoms with Crippen LogP contribution in [0.1, 0.15) is 11.3 Å². The van der Waals surface area contributed by atoms with E-state index in [0.717, 1.165) is 22.5 Å². The number of nitrogens with zero attached hydrogens (tertiary/aromatic N) is 2. The van der Waals surface area contributed by atoms with Crippen LogP contribution in [0.15, 0.2) is 105 Å². The second-order valence-electron chi connectivity index (χ2n) is 7.48. The van der Waals surface area contributed by atoms with Gasteiger partial charge >= 0.3 is 0 Å². The van der Waals surface area contributed by atoms with Gasteiger partial charge in [0.2, 0.25) is 0 Å². The molecule has 33 heavy (non-hydrogen) atoms. The first-order valence-electron chi connectivity index (χ1n) is 10.4. The van der Waals surface area contributed by atoms with E-state index in [0.29, 0.717) is 26.6 Å². The number of para-hydroxylation sites is 2. The summed E-state index contributed by atoms with van der Waals surface area (Å²) in [6, 6.07) is 28.7. The number of anilines is 1. The lowest BCUT2D eigenvalue weighted by Gasteiger charge is -2.15. The van der Waals surface area contributed by atoms with Gasteiger partial charge in [0.15, 0.2) is 5.17 Å². The van der Waals surface area contributed by atoms with E-state index in [1.165, 1.54) is 11.8 Å². The number of benzene rings is 3. The second kappa shape index (κ2) is 9.14. The molecule has 5 rings (SSSR count). The Morgan fingerprint density at radius 3 is 2.39 bits per heavy atom. The highest BCUT2D eigenvalue weighted by Gasteiger charge is 2.35. The van der Waals surface area contributed by atoms with E-state index in [2.05, 4.69) is 0 Å². The molecule has 0 spiro atoms. The fraction of sp³-hybridized carbons (Fsp3) is 0.0370. The molecule has 6 heteroatoms. The number of hydrogen-bond donors (Lipinski definition) is 0. The summed E-state index contributed by atoms with van der Waals surface area (Å²) in [4.78, 5) is 20.3. The maximum Gasteiger partial charge on any atom is 0.271 e. The van der Waals surface area contributed by atoms with Crippen LogP contribution in [0.5, 0.6) is 0 Å². The molecule has 1 aromatic heterocycles. The van der Waals surface area contributed by atoms with Crippen molar-refractivity contribution in [2.24, 2.45) is 4.99 Å². The quantitative estimate of drug-likeness (QED) is 0.287. The molecule has 0 unspecified atom stereocenters. The molecule has 2 heterocycles. The highest BCUT2D eigenvalue weighted by molar-refractivity contribution is 8.19. The zero-order valence-electron chi connectivity index (χ0n) is 17.7. The van der Waals surface area contributed by atoms with Gasteiger partial charge in [-0.2, -0.15) is 0 Å². The molecule has 0 N–H and O–H groups in total. The van der Waals surface area contributed by atoms with Crippen LogP contribution >= 0.6 is 23.4 Å². The molecule has 4 aromatic rings. The number of aryl methyl sites for hydroxylation is 1. The number of carbonyl (C=O) groups excluding carboxylic acids is 1. The summed E-state index contributed by atoms with van der Waals surface area (Å²) >= 11 is 7.59. The van der Waals surface area contributed by atoms with Crippen LogP contribution in [0.4, 0.5) is 11.4 Å². The summed E-state index contributed by atoms with van der Waals surface area (Å²) < 4.78 is 6.01. The third-order valence-corrected chi connectivity index (χ3v) is 6.53. The Labute approximate surface area is 201 Å². The van der Waals surface area contributed by atoms with E-state index >= 15 is 0 Å². The number of hydrogen-bond acceptors (Lipinski definition) is 4. The molecular weight excluding hydrogens is 452 g/mol. The number of furan rings is 1. The van der Waals surface area contributed by atoms with Gasteiger partial charge in [0.05, 0.1) is 16.3 Å². The highest BCUT2D eigenvalue weighted by Crippen LogP contribution is 2.38. The third kappa shape index (κ3) is 4.51. The molecule has 0 bridgehead atoms. The number of carbonyl (C=O) groups is 1. The van der Waals surface area contributed by atoms with Crippen molar-refractivity contribution in [1.29, 1.82) is 0 Å². The molecule has 1 aliphatic rings. The number of rotatable bonds is 4. The zero-order valence-corrected chi connectivity index (χ0v) is 19.3. The van der Waals surface area contributed by atoms with Crippen molar-refractivity contribution in [2.75, 3.05) is 4.90 Å². The van der Waals surface area contributed by atoms with E-state index < -0.39 is 0 Å². The molecular formula is C27H19ClN2O2S. The Kier molecular flexibility index (Phi) is 5.90. The minimum atomic E-state index is -0.141. The topological polar surface area (TPSA) is 45.8 Å². The van der Waals surface area contributed by atoms with Crippen molar-refractivity contribution in [3.8, 4) is 11.3 Å². The Hall–Kier alpha value is -3.54. The predicted molar refractivity (Wildman–Crippen MR) is 137 cm³/mol. The minimum Gasteiger partial charge on any atom is -0.457 e. The molecule has 1 amide bonds. The molecule has 0 radical (unpaired) electrons. The summed E-state index contributed by atoms with van der Waals surface area (Å²) in [7, 11) is 0. The van der Waals surface area contributed by atoms with Crippen LogP contribution in [-0.4, -0.2) is 11.1 Å². The van der Waals surface area contributed by atoms with Gasteiger partial charge in [0.25, 0.3) is 5.91 Å². The van der Waals surface area contributed by atoms with Gasteiger partial charge in [-0.05, 0) is 66.7 Å². The number of halogens is 1. The number of aliphatic imine (C=N–C) groups is 1. The van der Waals surface area contributed by atoms with Crippen LogP contribution in [0.3, 0.4) is 0 Å². The Balaban J connectivity index is 1.50. The van der Waals surface area contributed by atoms with Crippen molar-refractivity contribution < 1.29 is 9.21 Å². The van der Waals surface area contributed by atoms with E-state index in [1.807, 2.05) is 97.9 Å². The lowest BCUT2D eigenvalue weighted by Crippen LogP contribution is -2.28. The first kappa shape index (κ1) is 21.3. The SMILES string of the molecule is Cc1ccc(-c2ccc(/C=C3\SC(=Nc4ccccc4)N(c4ccccc4)C3=O)o2)cc1Cl. The van der Waals surface area contributed by atoms with Crippen molar-refractivity contribution in [3.05, 3.63) is 112 Å². The van der Waals surface area contributed by atoms with E-state index in [4.69, 9.17) is 21.0 Å². The molecule has 0 atom stereocenters. The summed E-state index contributed by atoms with van der Waals surface area (Å²) in [6.45, 7) is 1.96. The maximum absolute atomic E-state index is 13.4. The third-order valence-electron chi connectivity index (χ3n) is 5.16. The van der Waals surface area contributed by atoms with Crippen molar-refractivity contribution in [3.63, 3.8) is 0 Å². The van der Waals surface area contributed by atoms with Crippen LogP contribution in [0.25, 0.3) is 17.4 Å². The second-order valence-corrected chi connectivity index (χ2v) is 8.90. The summed E-state index contributed by atoms with van der Waals surface area (Å²) in [5.41, 5.74) is 3.44. The lowest BCUT2D eigenvalue weighted by atomic mass is 10.1. The number of amidine groups is 1. The van der Waals surface area contributed by atoms with Crippen molar-refractivity contribution >= 4 is 51.9 Å². The zero-order chi connectivity index (χ0) is 22.8. The van der Waals surface area contributed by atoms with Gasteiger partial charge in [0.1, 0.15) is 11.5 Å². The molecule has 1 fully saturated rings. The Bertz CT molecular complexity index is 1380. The molecule has 3 aromatic carbocycles. The minimum absolute atomic E-state index is 0.141. The predicted octanol–water partition coefficient (Wildman–Crippen LogP) is 7.72. The fourth-order valence-corrected chi connectivity index (χ4v) is 4.59. The van der Waals surface area contributed by atoms with Crippen molar-refractivity contribution in [1.82, 2.24) is 0 Å². The van der Waals surface area contributed by atoms with E-state index in [9.17, 15) is 4.79 Å². The fourth-order valence-electron chi connectivity index (χ4n) is 3.43. The molecule has 0 saturated carbocycles. The monoisotopic (exact) mass is 470 g/mol. The first-order valence-corrected chi connectivity index (χ1v) is 11.6. The maximum atomic E-state index is 13.4. The van der Waals surface area contributed by atoms with Crippen molar-refractivity contribution in [2.45, 2.75) is 6.92 Å². The Morgan fingerprint density at radius 2 is 1.67 bits per heavy atom. The molecule has 162 valence electrons. The van der Waals surface area contributed by atoms with Gasteiger partial charge in [0, 0.05) is 16.7 Å². The van der Waals surface area contributed by atoms with E-state index in [1.54, 1.807) is 11.0 Å². The van der Waals surface area contributed by atoms with Gasteiger partial charge < -0.3 is 4.42 Å². The summed E-state index contributed by atoms with van der Waals surface area (Å²) in [6.07, 6.45) is 1.76. The van der Waals surface area contributed by atoms with Gasteiger partial charge in [-0.3, -0.25) is 9.69 Å². The lowest BCUT2D eigenvalue weighted by molar-refractivity contribution is -0.113. The largest absolute Gasteiger partial charge is 0.457 e. The van der Waals surface area contributed by atoms with Crippen LogP contribution in [0.2, 0.25) is 5.02 Å². The summed E-state index contributed by atoms with van der Waals surface area (Å²) in [5, 5.41) is 1.28. The highest BCUT2D eigenvalue weighted by atomic mass is 35.5. The normalized spacial score (nSPS) is 16.2. The average molecular weight is 471 g/mol. The van der Waals surface area contributed by atoms with Gasteiger partial charge in [-0.1, -0.05) is 60.1 Å². The molecule has 0 aliphatic carbocycles. The Morgan fingerprint density at radius 1 is 0.939 bits per heavy atom. The first-order chi connectivity index (χ1) is 16.1. The smallest absolute Gasteiger partial charge is 0.271 e. The van der Waals surface area contributed by atoms with Crippen LogP contribution in [-0.2, 0) is 4.79 Å². The molecule has 1 saturated heterocycles. The average Bonchev–Trinajstić information content (AvgIpc) is 3.42. The van der Waals surface area contributed by atoms with E-state index in [-0.39, 0.29) is 5.91 Å². The molecule has 4 nitrogen and oxygen atoms in total. The molecule has 1 aliphatic heterocycles. The van der Waals surface area contributed by atoms with Gasteiger partial charge in [-0.25, -0.2) is 4.99 Å². The van der Waals surface area contributed by atoms with Crippen LogP contribution < -0.4 is 4.90 Å². The van der Waals surface area contributed by atoms with Gasteiger partial charge in [-0.15, -0.1) is 0 Å².